The number of carbonyl (C=O) groups is 4. The van der Waals surface area contributed by atoms with Crippen LogP contribution < -0.4 is 27.4 Å². The average Bonchev–Trinajstić information content (AvgIpc) is 2.99. The van der Waals surface area contributed by atoms with Crippen LogP contribution in [0, 0.1) is 0 Å². The molecule has 0 saturated carbocycles. The molecule has 1 unspecified atom stereocenters. The van der Waals surface area contributed by atoms with E-state index < -0.39 is 29.8 Å². The number of carboxylic acid groups (broad SMARTS) is 2. The minimum atomic E-state index is -1.21. The van der Waals surface area contributed by atoms with E-state index in [2.05, 4.69) is 35.9 Å². The molecule has 0 aliphatic carbocycles. The highest BCUT2D eigenvalue weighted by Crippen LogP contribution is 2.16. The molecule has 0 aliphatic rings. The van der Waals surface area contributed by atoms with Gasteiger partial charge in [0.15, 0.2) is 17.0 Å². The van der Waals surface area contributed by atoms with Crippen molar-refractivity contribution in [1.82, 2.24) is 30.6 Å². The van der Waals surface area contributed by atoms with Crippen LogP contribution in [0.5, 0.6) is 0 Å². The Kier molecular flexibility index (Phi) is 9.57. The lowest BCUT2D eigenvalue weighted by Gasteiger charge is -2.15. The number of nitrogens with zero attached hydrogens (tertiary/aromatic N) is 4. The van der Waals surface area contributed by atoms with Crippen molar-refractivity contribution in [3.05, 3.63) is 77.1 Å². The molecule has 15 nitrogen and oxygen atoms in total. The van der Waals surface area contributed by atoms with Crippen LogP contribution >= 0.6 is 0 Å². The van der Waals surface area contributed by atoms with Gasteiger partial charge in [0.05, 0.1) is 29.6 Å². The Hall–Kier alpha value is -5.86. The molecule has 4 rings (SSSR count). The fraction of sp³-hybridized carbons (Fsp3) is 0.214. The Morgan fingerprint density at radius 2 is 1.58 bits per heavy atom. The van der Waals surface area contributed by atoms with Crippen molar-refractivity contribution in [2.75, 3.05) is 23.3 Å². The molecule has 2 heterocycles. The summed E-state index contributed by atoms with van der Waals surface area (Å²) in [7, 11) is 0. The number of nitrogens with two attached hydrogens (primary N) is 2. The number of unbranched alkanes of at least 4 members (excludes halogenated alkanes) is 1. The number of aromatic nitrogens is 4. The summed E-state index contributed by atoms with van der Waals surface area (Å²) in [4.78, 5) is 64.5. The van der Waals surface area contributed by atoms with Gasteiger partial charge in [0.2, 0.25) is 5.95 Å². The molecule has 0 spiro atoms. The van der Waals surface area contributed by atoms with Gasteiger partial charge < -0.3 is 37.6 Å². The van der Waals surface area contributed by atoms with Crippen molar-refractivity contribution >= 4 is 52.4 Å². The summed E-state index contributed by atoms with van der Waals surface area (Å²) < 4.78 is 0. The summed E-state index contributed by atoms with van der Waals surface area (Å²) >= 11 is 0. The van der Waals surface area contributed by atoms with Crippen LogP contribution in [-0.2, 0) is 11.3 Å². The van der Waals surface area contributed by atoms with E-state index >= 15 is 0 Å². The predicted octanol–water partition coefficient (Wildman–Crippen LogP) is 1.68. The number of nitrogen functional groups attached to an aromatic ring is 2. The summed E-state index contributed by atoms with van der Waals surface area (Å²) in [6.45, 7) is 0.508. The first kappa shape index (κ1) is 30.1. The summed E-state index contributed by atoms with van der Waals surface area (Å²) in [5.41, 5.74) is 13.5. The van der Waals surface area contributed by atoms with Crippen LogP contribution in [0.4, 0.5) is 17.5 Å². The van der Waals surface area contributed by atoms with Gasteiger partial charge in [-0.2, -0.15) is 9.97 Å². The number of benzene rings is 2. The fourth-order valence-corrected chi connectivity index (χ4v) is 4.14. The maximum Gasteiger partial charge on any atom is 0.336 e. The maximum absolute atomic E-state index is 12.7. The van der Waals surface area contributed by atoms with Gasteiger partial charge in [-0.15, -0.1) is 0 Å². The zero-order chi connectivity index (χ0) is 30.9. The van der Waals surface area contributed by atoms with E-state index in [1.165, 1.54) is 24.4 Å². The number of nitrogens with one attached hydrogen (secondary N) is 3. The van der Waals surface area contributed by atoms with Gasteiger partial charge in [-0.3, -0.25) is 9.59 Å². The molecular weight excluding hydrogens is 558 g/mol. The van der Waals surface area contributed by atoms with E-state index in [4.69, 9.17) is 11.5 Å². The third kappa shape index (κ3) is 7.87. The zero-order valence-electron chi connectivity index (χ0n) is 22.8. The van der Waals surface area contributed by atoms with Gasteiger partial charge in [-0.05, 0) is 55.7 Å². The molecule has 0 saturated heterocycles. The summed E-state index contributed by atoms with van der Waals surface area (Å²) in [5, 5.41) is 27.1. The Labute approximate surface area is 244 Å². The highest BCUT2D eigenvalue weighted by atomic mass is 16.4. The molecule has 2 amide bonds. The van der Waals surface area contributed by atoms with Crippen molar-refractivity contribution in [2.24, 2.45) is 0 Å². The van der Waals surface area contributed by atoms with Crippen LogP contribution in [-0.4, -0.2) is 66.5 Å². The molecule has 2 aromatic carbocycles. The summed E-state index contributed by atoms with van der Waals surface area (Å²) in [6.07, 6.45) is 2.48. The van der Waals surface area contributed by atoms with Gasteiger partial charge >= 0.3 is 11.9 Å². The summed E-state index contributed by atoms with van der Waals surface area (Å²) in [6, 6.07) is 11.2. The smallest absolute Gasteiger partial charge is 0.336 e. The number of aliphatic carboxylic acids is 1. The third-order valence-electron chi connectivity index (χ3n) is 6.33. The topological polar surface area (TPSA) is 248 Å². The second kappa shape index (κ2) is 13.7. The highest BCUT2D eigenvalue weighted by Gasteiger charge is 2.21. The van der Waals surface area contributed by atoms with Crippen LogP contribution in [0.3, 0.4) is 0 Å². The molecule has 0 aliphatic heterocycles. The number of hydrogen-bond acceptors (Lipinski definition) is 11. The van der Waals surface area contributed by atoms with Gasteiger partial charge in [-0.25, -0.2) is 19.6 Å². The average molecular weight is 588 g/mol. The van der Waals surface area contributed by atoms with Crippen LogP contribution in [0.15, 0.2) is 54.7 Å². The molecule has 9 N–H and O–H groups in total. The van der Waals surface area contributed by atoms with E-state index in [9.17, 15) is 29.4 Å². The monoisotopic (exact) mass is 587 g/mol. The second-order valence-electron chi connectivity index (χ2n) is 9.40. The minimum absolute atomic E-state index is 0.00692. The van der Waals surface area contributed by atoms with E-state index in [1.807, 2.05) is 0 Å². The molecule has 2 aromatic heterocycles. The lowest BCUT2D eigenvalue weighted by molar-refractivity contribution is -0.139. The standard InChI is InChI=1S/C28H29N9O6/c29-22-21-23(37-28(30)36-22)33-14-17(34-21)13-32-16-10-8-15(9-11-16)24(38)35-20(27(42)43)7-3-4-12-31-25(39)18-5-1-2-6-19(18)26(40)41/h1-2,5-6,8-11,14,20,32H,3-4,7,12-13H2,(H,31,39)(H,35,38)(H,40,41)(H,42,43)(H4,29,30,33,36,37). The molecular formula is C28H29N9O6. The zero-order valence-corrected chi connectivity index (χ0v) is 22.8. The molecule has 1 atom stereocenters. The Morgan fingerprint density at radius 1 is 0.860 bits per heavy atom. The van der Waals surface area contributed by atoms with Gasteiger partial charge in [0.25, 0.3) is 11.8 Å². The number of anilines is 3. The number of rotatable bonds is 13. The first-order valence-corrected chi connectivity index (χ1v) is 13.1. The number of carboxylic acids is 2. The molecule has 15 heteroatoms. The molecule has 4 aromatic rings. The van der Waals surface area contributed by atoms with Gasteiger partial charge in [0.1, 0.15) is 6.04 Å². The highest BCUT2D eigenvalue weighted by molar-refractivity contribution is 6.04. The van der Waals surface area contributed by atoms with Crippen molar-refractivity contribution in [2.45, 2.75) is 31.8 Å². The van der Waals surface area contributed by atoms with E-state index in [0.29, 0.717) is 36.3 Å². The van der Waals surface area contributed by atoms with E-state index in [0.717, 1.165) is 0 Å². The number of hydrogen-bond donors (Lipinski definition) is 7. The lowest BCUT2D eigenvalue weighted by atomic mass is 10.1. The normalized spacial score (nSPS) is 11.4. The number of fused-ring (bicyclic) bond motifs is 1. The lowest BCUT2D eigenvalue weighted by Crippen LogP contribution is -2.40. The number of aromatic carboxylic acids is 1. The van der Waals surface area contributed by atoms with Crippen molar-refractivity contribution in [3.63, 3.8) is 0 Å². The third-order valence-corrected chi connectivity index (χ3v) is 6.33. The Balaban J connectivity index is 1.24. The number of amides is 2. The van der Waals surface area contributed by atoms with Crippen LogP contribution in [0.25, 0.3) is 11.2 Å². The Morgan fingerprint density at radius 3 is 2.28 bits per heavy atom. The SMILES string of the molecule is Nc1nc(N)c2nc(CNc3ccc(C(=O)NC(CCCCNC(=O)c4ccccc4C(=O)O)C(=O)O)cc3)cnc2n1. The predicted molar refractivity (Wildman–Crippen MR) is 156 cm³/mol. The largest absolute Gasteiger partial charge is 0.480 e. The van der Waals surface area contributed by atoms with Crippen molar-refractivity contribution in [3.8, 4) is 0 Å². The van der Waals surface area contributed by atoms with Crippen molar-refractivity contribution in [1.29, 1.82) is 0 Å². The fourth-order valence-electron chi connectivity index (χ4n) is 4.14. The quantitative estimate of drug-likeness (QED) is 0.110. The molecule has 43 heavy (non-hydrogen) atoms. The first-order chi connectivity index (χ1) is 20.6. The maximum atomic E-state index is 12.7. The van der Waals surface area contributed by atoms with Gasteiger partial charge in [-0.1, -0.05) is 12.1 Å². The number of carbonyl (C=O) groups excluding carboxylic acids is 2. The van der Waals surface area contributed by atoms with Crippen LogP contribution in [0.2, 0.25) is 0 Å². The van der Waals surface area contributed by atoms with E-state index in [-0.39, 0.29) is 47.1 Å². The van der Waals surface area contributed by atoms with Crippen LogP contribution in [0.1, 0.15) is 56.0 Å². The Bertz CT molecular complexity index is 1660. The first-order valence-electron chi connectivity index (χ1n) is 13.1. The van der Waals surface area contributed by atoms with Gasteiger partial charge in [0, 0.05) is 17.8 Å². The molecule has 0 fully saturated rings. The van der Waals surface area contributed by atoms with E-state index in [1.54, 1.807) is 30.3 Å². The molecule has 0 bridgehead atoms. The second-order valence-corrected chi connectivity index (χ2v) is 9.40. The molecule has 0 radical (unpaired) electrons. The molecule has 222 valence electrons. The summed E-state index contributed by atoms with van der Waals surface area (Å²) in [5.74, 6) is -3.34. The minimum Gasteiger partial charge on any atom is -0.480 e. The van der Waals surface area contributed by atoms with Crippen molar-refractivity contribution < 1.29 is 29.4 Å².